The van der Waals surface area contributed by atoms with Crippen LogP contribution in [-0.2, 0) is 0 Å². The van der Waals surface area contributed by atoms with Gasteiger partial charge in [0.25, 0.3) is 0 Å². The summed E-state index contributed by atoms with van der Waals surface area (Å²) in [4.78, 5) is 12.3. The zero-order valence-corrected chi connectivity index (χ0v) is 17.9. The van der Waals surface area contributed by atoms with E-state index in [1.807, 2.05) is 31.3 Å². The number of aryl methyl sites for hydroxylation is 1. The van der Waals surface area contributed by atoms with Gasteiger partial charge in [0.05, 0.1) is 5.52 Å². The number of piperidine rings is 1. The molecule has 4 N–H and O–H groups in total. The molecule has 0 saturated carbocycles. The van der Waals surface area contributed by atoms with Gasteiger partial charge in [-0.1, -0.05) is 0 Å². The summed E-state index contributed by atoms with van der Waals surface area (Å²) in [7, 11) is 0. The Bertz CT molecular complexity index is 1060. The number of hydrogen-bond donors (Lipinski definition) is 4. The molecule has 162 valence electrons. The van der Waals surface area contributed by atoms with Crippen LogP contribution in [0.1, 0.15) is 31.4 Å². The molecule has 8 heteroatoms. The van der Waals surface area contributed by atoms with Crippen LogP contribution in [0.5, 0.6) is 0 Å². The number of anilines is 3. The Morgan fingerprint density at radius 3 is 2.68 bits per heavy atom. The molecule has 3 atom stereocenters. The number of hydrogen-bond acceptors (Lipinski definition) is 7. The summed E-state index contributed by atoms with van der Waals surface area (Å²) in [5.41, 5.74) is 1.95. The van der Waals surface area contributed by atoms with Crippen LogP contribution in [0.3, 0.4) is 0 Å². The van der Waals surface area contributed by atoms with Gasteiger partial charge < -0.3 is 16.0 Å². The Morgan fingerprint density at radius 1 is 1.13 bits per heavy atom. The Balaban J connectivity index is 1.22. The van der Waals surface area contributed by atoms with Crippen molar-refractivity contribution < 1.29 is 0 Å². The number of aromatic amines is 1. The molecular weight excluding hydrogens is 388 g/mol. The smallest absolute Gasteiger partial charge is 0.153 e. The predicted octanol–water partition coefficient (Wildman–Crippen LogP) is 3.03. The Labute approximate surface area is 182 Å². The summed E-state index contributed by atoms with van der Waals surface area (Å²) in [6.45, 7) is 5.64. The maximum absolute atomic E-state index is 4.92. The fraction of sp³-hybridized carbons (Fsp3) is 0.522. The van der Waals surface area contributed by atoms with Crippen molar-refractivity contribution in [3.8, 4) is 0 Å². The minimum absolute atomic E-state index is 0.451. The molecule has 0 aliphatic carbocycles. The maximum atomic E-state index is 4.92. The molecule has 1 unspecified atom stereocenters. The third-order valence-corrected chi connectivity index (χ3v) is 7.12. The summed E-state index contributed by atoms with van der Waals surface area (Å²) in [5, 5.41) is 18.9. The van der Waals surface area contributed by atoms with Crippen molar-refractivity contribution in [2.24, 2.45) is 5.92 Å². The summed E-state index contributed by atoms with van der Waals surface area (Å²) in [5.74, 6) is 3.29. The average molecular weight is 419 g/mol. The Kier molecular flexibility index (Phi) is 4.76. The summed E-state index contributed by atoms with van der Waals surface area (Å²) in [6.07, 6.45) is 6.88. The monoisotopic (exact) mass is 418 g/mol. The fourth-order valence-electron chi connectivity index (χ4n) is 5.52. The van der Waals surface area contributed by atoms with Crippen LogP contribution in [-0.4, -0.2) is 62.8 Å². The van der Waals surface area contributed by atoms with E-state index in [2.05, 4.69) is 42.1 Å². The van der Waals surface area contributed by atoms with Gasteiger partial charge in [0, 0.05) is 67.2 Å². The second-order valence-corrected chi connectivity index (χ2v) is 9.41. The van der Waals surface area contributed by atoms with Gasteiger partial charge in [0.15, 0.2) is 5.82 Å². The van der Waals surface area contributed by atoms with E-state index in [0.717, 1.165) is 40.0 Å². The number of fused-ring (bicyclic) bond motifs is 3. The van der Waals surface area contributed by atoms with Gasteiger partial charge >= 0.3 is 0 Å². The first-order chi connectivity index (χ1) is 15.2. The van der Waals surface area contributed by atoms with E-state index in [9.17, 15) is 0 Å². The highest BCUT2D eigenvalue weighted by molar-refractivity contribution is 5.91. The van der Waals surface area contributed by atoms with Crippen molar-refractivity contribution >= 4 is 28.4 Å². The molecule has 6 rings (SSSR count). The first kappa shape index (κ1) is 19.0. The molecule has 3 aromatic heterocycles. The minimum Gasteiger partial charge on any atom is -0.367 e. The van der Waals surface area contributed by atoms with E-state index in [4.69, 9.17) is 4.98 Å². The van der Waals surface area contributed by atoms with Gasteiger partial charge in [-0.3, -0.25) is 15.0 Å². The summed E-state index contributed by atoms with van der Waals surface area (Å²) < 4.78 is 0. The molecular formula is C23H30N8. The van der Waals surface area contributed by atoms with Crippen LogP contribution < -0.4 is 16.0 Å². The lowest BCUT2D eigenvalue weighted by Crippen LogP contribution is -2.54. The zero-order chi connectivity index (χ0) is 20.8. The highest BCUT2D eigenvalue weighted by Crippen LogP contribution is 2.38. The fourth-order valence-corrected chi connectivity index (χ4v) is 5.52. The lowest BCUT2D eigenvalue weighted by molar-refractivity contribution is 0.0963. The van der Waals surface area contributed by atoms with Crippen molar-refractivity contribution in [1.29, 1.82) is 0 Å². The van der Waals surface area contributed by atoms with E-state index < -0.39 is 0 Å². The van der Waals surface area contributed by atoms with Crippen molar-refractivity contribution in [3.05, 3.63) is 36.2 Å². The molecule has 0 amide bonds. The van der Waals surface area contributed by atoms with E-state index >= 15 is 0 Å². The maximum Gasteiger partial charge on any atom is 0.153 e. The van der Waals surface area contributed by atoms with E-state index in [-0.39, 0.29) is 0 Å². The SMILES string of the molecule is Cc1cc(Nc2cc3ncccc3c(NC3C[C@H]4CC[C@@H](C3)N4CC3CNC3)n2)n[nH]1. The lowest BCUT2D eigenvalue weighted by atomic mass is 9.94. The predicted molar refractivity (Wildman–Crippen MR) is 123 cm³/mol. The highest BCUT2D eigenvalue weighted by Gasteiger charge is 2.42. The summed E-state index contributed by atoms with van der Waals surface area (Å²) >= 11 is 0. The van der Waals surface area contributed by atoms with E-state index in [1.54, 1.807) is 0 Å². The number of nitrogens with zero attached hydrogens (tertiary/aromatic N) is 4. The minimum atomic E-state index is 0.451. The van der Waals surface area contributed by atoms with Gasteiger partial charge in [0.1, 0.15) is 11.6 Å². The number of aromatic nitrogens is 4. The largest absolute Gasteiger partial charge is 0.367 e. The molecule has 3 aliphatic heterocycles. The molecule has 3 fully saturated rings. The van der Waals surface area contributed by atoms with Crippen LogP contribution in [0.2, 0.25) is 0 Å². The van der Waals surface area contributed by atoms with Gasteiger partial charge in [-0.2, -0.15) is 5.10 Å². The van der Waals surface area contributed by atoms with Crippen LogP contribution in [0.25, 0.3) is 10.9 Å². The molecule has 0 radical (unpaired) electrons. The molecule has 8 nitrogen and oxygen atoms in total. The van der Waals surface area contributed by atoms with Crippen LogP contribution in [0.4, 0.5) is 17.5 Å². The first-order valence-electron chi connectivity index (χ1n) is 11.5. The van der Waals surface area contributed by atoms with Gasteiger partial charge in [-0.15, -0.1) is 0 Å². The second-order valence-electron chi connectivity index (χ2n) is 9.41. The standard InChI is InChI=1S/C23H30N8/c1-14-7-22(30-29-14)27-21-10-20-19(3-2-6-25-20)23(28-21)26-16-8-17-4-5-18(9-16)31(17)13-15-11-24-12-15/h2-3,6-7,10,15-18,24H,4-5,8-9,11-13H2,1H3,(H3,26,27,28,29,30)/t16?,17-,18+. The van der Waals surface area contributed by atoms with Gasteiger partial charge in [0.2, 0.25) is 0 Å². The van der Waals surface area contributed by atoms with Crippen LogP contribution >= 0.6 is 0 Å². The first-order valence-corrected chi connectivity index (χ1v) is 11.5. The normalized spacial score (nSPS) is 26.2. The molecule has 0 spiro atoms. The molecule has 3 aromatic rings. The topological polar surface area (TPSA) is 93.8 Å². The van der Waals surface area contributed by atoms with E-state index in [1.165, 1.54) is 45.3 Å². The van der Waals surface area contributed by atoms with Gasteiger partial charge in [-0.25, -0.2) is 4.98 Å². The summed E-state index contributed by atoms with van der Waals surface area (Å²) in [6, 6.07) is 9.91. The third kappa shape index (κ3) is 3.74. The molecule has 3 aliphatic rings. The molecule has 2 bridgehead atoms. The number of rotatable bonds is 6. The van der Waals surface area contributed by atoms with Crippen LogP contribution in [0, 0.1) is 12.8 Å². The van der Waals surface area contributed by atoms with Crippen molar-refractivity contribution in [2.75, 3.05) is 30.3 Å². The quantitative estimate of drug-likeness (QED) is 0.489. The number of nitrogens with one attached hydrogen (secondary N) is 4. The van der Waals surface area contributed by atoms with Crippen molar-refractivity contribution in [2.45, 2.75) is 50.7 Å². The number of pyridine rings is 2. The molecule has 0 aromatic carbocycles. The van der Waals surface area contributed by atoms with Crippen molar-refractivity contribution in [1.82, 2.24) is 30.4 Å². The third-order valence-electron chi connectivity index (χ3n) is 7.12. The molecule has 3 saturated heterocycles. The second kappa shape index (κ2) is 7.76. The molecule has 6 heterocycles. The zero-order valence-electron chi connectivity index (χ0n) is 17.9. The van der Waals surface area contributed by atoms with Gasteiger partial charge in [-0.05, 0) is 50.7 Å². The molecule has 31 heavy (non-hydrogen) atoms. The number of H-pyrrole nitrogens is 1. The average Bonchev–Trinajstić information content (AvgIpc) is 3.23. The Hall–Kier alpha value is -2.71. The van der Waals surface area contributed by atoms with Crippen LogP contribution in [0.15, 0.2) is 30.5 Å². The highest BCUT2D eigenvalue weighted by atomic mass is 15.2. The Morgan fingerprint density at radius 2 is 1.97 bits per heavy atom. The van der Waals surface area contributed by atoms with Crippen molar-refractivity contribution in [3.63, 3.8) is 0 Å². The van der Waals surface area contributed by atoms with E-state index in [0.29, 0.717) is 18.1 Å². The lowest BCUT2D eigenvalue weighted by Gasteiger charge is -2.42.